The smallest absolute Gasteiger partial charge is 0.0373 e. The first-order chi connectivity index (χ1) is 6.69. The summed E-state index contributed by atoms with van der Waals surface area (Å²) in [5, 5.41) is 3.46. The minimum absolute atomic E-state index is 0.646. The largest absolute Gasteiger partial charge is 0.315 e. The third-order valence-electron chi connectivity index (χ3n) is 3.33. The number of likely N-dealkylation sites (N-methyl/N-ethyl adjacent to an activating group) is 3. The summed E-state index contributed by atoms with van der Waals surface area (Å²) in [5.74, 6) is 0. The first-order valence-corrected chi connectivity index (χ1v) is 5.75. The molecule has 2 unspecified atom stereocenters. The molecule has 14 heavy (non-hydrogen) atoms. The van der Waals surface area contributed by atoms with Crippen LogP contribution in [0.25, 0.3) is 0 Å². The van der Waals surface area contributed by atoms with E-state index in [1.54, 1.807) is 0 Å². The minimum Gasteiger partial charge on any atom is -0.315 e. The summed E-state index contributed by atoms with van der Waals surface area (Å²) >= 11 is 0. The number of nitrogens with zero attached hydrogens (tertiary/aromatic N) is 2. The van der Waals surface area contributed by atoms with Crippen molar-refractivity contribution >= 4 is 0 Å². The van der Waals surface area contributed by atoms with Crippen molar-refractivity contribution in [3.05, 3.63) is 0 Å². The minimum atomic E-state index is 0.646. The van der Waals surface area contributed by atoms with Crippen molar-refractivity contribution in [2.75, 3.05) is 40.8 Å². The summed E-state index contributed by atoms with van der Waals surface area (Å²) in [7, 11) is 6.55. The van der Waals surface area contributed by atoms with E-state index in [0.717, 1.165) is 0 Å². The van der Waals surface area contributed by atoms with Gasteiger partial charge in [0, 0.05) is 31.7 Å². The van der Waals surface area contributed by atoms with Crippen LogP contribution in [0.1, 0.15) is 19.8 Å². The van der Waals surface area contributed by atoms with Crippen LogP contribution in [-0.2, 0) is 0 Å². The highest BCUT2D eigenvalue weighted by atomic mass is 15.3. The zero-order valence-corrected chi connectivity index (χ0v) is 10.1. The first-order valence-electron chi connectivity index (χ1n) is 5.75. The third-order valence-corrected chi connectivity index (χ3v) is 3.33. The molecule has 3 nitrogen and oxygen atoms in total. The van der Waals surface area contributed by atoms with Crippen LogP contribution >= 0.6 is 0 Å². The number of nitrogens with one attached hydrogen (secondary N) is 1. The standard InChI is InChI=1S/C11H25N3/c1-5-6-10(12-2)11-9-13(3)7-8-14(11)4/h10-12H,5-9H2,1-4H3. The van der Waals surface area contributed by atoms with Crippen LogP contribution in [0.4, 0.5) is 0 Å². The van der Waals surface area contributed by atoms with Gasteiger partial charge in [-0.15, -0.1) is 0 Å². The van der Waals surface area contributed by atoms with Gasteiger partial charge in [0.25, 0.3) is 0 Å². The Bertz CT molecular complexity index is 161. The highest BCUT2D eigenvalue weighted by molar-refractivity contribution is 4.87. The maximum atomic E-state index is 3.46. The normalized spacial score (nSPS) is 27.9. The molecule has 1 aliphatic rings. The van der Waals surface area contributed by atoms with Gasteiger partial charge >= 0.3 is 0 Å². The van der Waals surface area contributed by atoms with E-state index in [0.29, 0.717) is 12.1 Å². The van der Waals surface area contributed by atoms with E-state index in [1.165, 1.54) is 32.5 Å². The molecule has 1 heterocycles. The summed E-state index contributed by atoms with van der Waals surface area (Å²) in [6.45, 7) is 5.86. The van der Waals surface area contributed by atoms with Crippen molar-refractivity contribution < 1.29 is 0 Å². The fraction of sp³-hybridized carbons (Fsp3) is 1.00. The zero-order chi connectivity index (χ0) is 10.6. The van der Waals surface area contributed by atoms with Gasteiger partial charge in [-0.1, -0.05) is 13.3 Å². The van der Waals surface area contributed by atoms with Gasteiger partial charge in [0.2, 0.25) is 0 Å². The fourth-order valence-electron chi connectivity index (χ4n) is 2.32. The molecule has 0 spiro atoms. The van der Waals surface area contributed by atoms with Gasteiger partial charge < -0.3 is 10.2 Å². The summed E-state index contributed by atoms with van der Waals surface area (Å²) in [6.07, 6.45) is 2.54. The Morgan fingerprint density at radius 2 is 2.07 bits per heavy atom. The van der Waals surface area contributed by atoms with Gasteiger partial charge in [0.15, 0.2) is 0 Å². The summed E-state index contributed by atoms with van der Waals surface area (Å²) < 4.78 is 0. The van der Waals surface area contributed by atoms with Crippen molar-refractivity contribution in [3.8, 4) is 0 Å². The van der Waals surface area contributed by atoms with Crippen LogP contribution < -0.4 is 5.32 Å². The predicted octanol–water partition coefficient (Wildman–Crippen LogP) is 0.620. The fourth-order valence-corrected chi connectivity index (χ4v) is 2.32. The molecule has 2 atom stereocenters. The Kier molecular flexibility index (Phi) is 4.85. The van der Waals surface area contributed by atoms with E-state index in [9.17, 15) is 0 Å². The lowest BCUT2D eigenvalue weighted by atomic mass is 10.00. The Morgan fingerprint density at radius 1 is 1.36 bits per heavy atom. The second-order valence-corrected chi connectivity index (χ2v) is 4.49. The molecular formula is C11H25N3. The van der Waals surface area contributed by atoms with Gasteiger partial charge in [-0.05, 0) is 27.6 Å². The number of hydrogen-bond acceptors (Lipinski definition) is 3. The monoisotopic (exact) mass is 199 g/mol. The summed E-state index contributed by atoms with van der Waals surface area (Å²) in [5.41, 5.74) is 0. The molecule has 84 valence electrons. The molecule has 0 saturated carbocycles. The molecule has 0 aromatic carbocycles. The maximum Gasteiger partial charge on any atom is 0.0373 e. The second kappa shape index (κ2) is 5.69. The third kappa shape index (κ3) is 2.94. The summed E-state index contributed by atoms with van der Waals surface area (Å²) in [6, 6.07) is 1.33. The molecule has 1 saturated heterocycles. The van der Waals surface area contributed by atoms with Gasteiger partial charge in [-0.2, -0.15) is 0 Å². The molecule has 0 radical (unpaired) electrons. The van der Waals surface area contributed by atoms with Gasteiger partial charge in [-0.3, -0.25) is 4.90 Å². The molecule has 1 aliphatic heterocycles. The summed E-state index contributed by atoms with van der Waals surface area (Å²) in [4.78, 5) is 4.93. The number of rotatable bonds is 4. The molecule has 0 amide bonds. The van der Waals surface area contributed by atoms with Crippen LogP contribution in [0.3, 0.4) is 0 Å². The quantitative estimate of drug-likeness (QED) is 0.716. The Labute approximate surface area is 88.5 Å². The van der Waals surface area contributed by atoms with Crippen LogP contribution in [0, 0.1) is 0 Å². The van der Waals surface area contributed by atoms with E-state index in [-0.39, 0.29) is 0 Å². The van der Waals surface area contributed by atoms with Crippen LogP contribution in [0.15, 0.2) is 0 Å². The Hall–Kier alpha value is -0.120. The first kappa shape index (κ1) is 12.0. The SMILES string of the molecule is CCCC(NC)C1CN(C)CCN1C. The highest BCUT2D eigenvalue weighted by Gasteiger charge is 2.27. The van der Waals surface area contributed by atoms with Crippen molar-refractivity contribution in [3.63, 3.8) is 0 Å². The van der Waals surface area contributed by atoms with Crippen LogP contribution in [-0.4, -0.2) is 62.7 Å². The molecular weight excluding hydrogens is 174 g/mol. The molecule has 0 aromatic heterocycles. The molecule has 1 N–H and O–H groups in total. The van der Waals surface area contributed by atoms with E-state index in [4.69, 9.17) is 0 Å². The van der Waals surface area contributed by atoms with Crippen molar-refractivity contribution in [1.82, 2.24) is 15.1 Å². The van der Waals surface area contributed by atoms with E-state index >= 15 is 0 Å². The average molecular weight is 199 g/mol. The highest BCUT2D eigenvalue weighted by Crippen LogP contribution is 2.13. The lowest BCUT2D eigenvalue weighted by molar-refractivity contribution is 0.0872. The molecule has 1 rings (SSSR count). The Balaban J connectivity index is 2.52. The topological polar surface area (TPSA) is 18.5 Å². The predicted molar refractivity (Wildman–Crippen MR) is 61.7 cm³/mol. The van der Waals surface area contributed by atoms with Crippen LogP contribution in [0.5, 0.6) is 0 Å². The van der Waals surface area contributed by atoms with Crippen molar-refractivity contribution in [2.24, 2.45) is 0 Å². The number of hydrogen-bond donors (Lipinski definition) is 1. The molecule has 0 aromatic rings. The lowest BCUT2D eigenvalue weighted by Gasteiger charge is -2.41. The number of piperazine rings is 1. The second-order valence-electron chi connectivity index (χ2n) is 4.49. The average Bonchev–Trinajstić information content (AvgIpc) is 2.18. The van der Waals surface area contributed by atoms with Gasteiger partial charge in [0.1, 0.15) is 0 Å². The van der Waals surface area contributed by atoms with Crippen LogP contribution in [0.2, 0.25) is 0 Å². The lowest BCUT2D eigenvalue weighted by Crippen LogP contribution is -2.58. The van der Waals surface area contributed by atoms with Gasteiger partial charge in [0.05, 0.1) is 0 Å². The van der Waals surface area contributed by atoms with E-state index in [2.05, 4.69) is 43.2 Å². The maximum absolute atomic E-state index is 3.46. The Morgan fingerprint density at radius 3 is 2.64 bits per heavy atom. The molecule has 1 fully saturated rings. The van der Waals surface area contributed by atoms with Crippen molar-refractivity contribution in [2.45, 2.75) is 31.8 Å². The molecule has 3 heteroatoms. The van der Waals surface area contributed by atoms with E-state index in [1.807, 2.05) is 0 Å². The van der Waals surface area contributed by atoms with Gasteiger partial charge in [-0.25, -0.2) is 0 Å². The van der Waals surface area contributed by atoms with Crippen molar-refractivity contribution in [1.29, 1.82) is 0 Å². The molecule has 0 bridgehead atoms. The van der Waals surface area contributed by atoms with E-state index < -0.39 is 0 Å². The molecule has 0 aliphatic carbocycles. The zero-order valence-electron chi connectivity index (χ0n) is 10.1.